The van der Waals surface area contributed by atoms with Crippen molar-refractivity contribution in [2.45, 2.75) is 89.9 Å². The Morgan fingerprint density at radius 1 is 1.25 bits per heavy atom. The molecular weight excluding hydrogens is 248 g/mol. The second-order valence-electron chi connectivity index (χ2n) is 6.90. The van der Waals surface area contributed by atoms with Crippen molar-refractivity contribution in [3.8, 4) is 0 Å². The third kappa shape index (κ3) is 4.71. The van der Waals surface area contributed by atoms with Crippen LogP contribution in [-0.2, 0) is 4.74 Å². The summed E-state index contributed by atoms with van der Waals surface area (Å²) in [6.07, 6.45) is 9.52. The van der Waals surface area contributed by atoms with Gasteiger partial charge in [-0.25, -0.2) is 0 Å². The molecule has 0 aromatic heterocycles. The Labute approximate surface area is 125 Å². The zero-order chi connectivity index (χ0) is 14.4. The first-order chi connectivity index (χ1) is 9.70. The minimum absolute atomic E-state index is 0.499. The molecule has 2 aliphatic rings. The molecule has 2 heterocycles. The van der Waals surface area contributed by atoms with Crippen LogP contribution in [0.25, 0.3) is 0 Å². The molecule has 0 aliphatic carbocycles. The zero-order valence-corrected chi connectivity index (χ0v) is 13.7. The van der Waals surface area contributed by atoms with Gasteiger partial charge in [-0.1, -0.05) is 19.8 Å². The molecule has 1 N–H and O–H groups in total. The van der Waals surface area contributed by atoms with Crippen molar-refractivity contribution in [3.05, 3.63) is 0 Å². The molecule has 2 fully saturated rings. The van der Waals surface area contributed by atoms with Crippen LogP contribution in [0.3, 0.4) is 0 Å². The van der Waals surface area contributed by atoms with Gasteiger partial charge in [0.25, 0.3) is 0 Å². The second kappa shape index (κ2) is 8.35. The predicted molar refractivity (Wildman–Crippen MR) is 85.2 cm³/mol. The number of hydrogen-bond acceptors (Lipinski definition) is 3. The molecule has 3 unspecified atom stereocenters. The molecular formula is C17H34N2O. The lowest BCUT2D eigenvalue weighted by Crippen LogP contribution is -2.52. The van der Waals surface area contributed by atoms with E-state index < -0.39 is 0 Å². The van der Waals surface area contributed by atoms with Gasteiger partial charge in [0.05, 0.1) is 6.10 Å². The number of ether oxygens (including phenoxy) is 1. The van der Waals surface area contributed by atoms with E-state index in [-0.39, 0.29) is 0 Å². The summed E-state index contributed by atoms with van der Waals surface area (Å²) in [5, 5.41) is 3.71. The van der Waals surface area contributed by atoms with E-state index in [2.05, 4.69) is 31.0 Å². The van der Waals surface area contributed by atoms with Crippen LogP contribution in [0.2, 0.25) is 0 Å². The summed E-state index contributed by atoms with van der Waals surface area (Å²) in [5.74, 6) is 0. The third-order valence-electron chi connectivity index (χ3n) is 4.93. The van der Waals surface area contributed by atoms with Gasteiger partial charge in [0.2, 0.25) is 0 Å². The van der Waals surface area contributed by atoms with E-state index >= 15 is 0 Å². The molecule has 118 valence electrons. The molecule has 3 nitrogen and oxygen atoms in total. The van der Waals surface area contributed by atoms with Crippen LogP contribution < -0.4 is 5.32 Å². The Hall–Kier alpha value is -0.120. The average Bonchev–Trinajstić information content (AvgIpc) is 2.46. The smallest absolute Gasteiger partial charge is 0.0590 e. The fourth-order valence-corrected chi connectivity index (χ4v) is 3.80. The topological polar surface area (TPSA) is 24.5 Å². The number of rotatable bonds is 6. The summed E-state index contributed by atoms with van der Waals surface area (Å²) in [4.78, 5) is 2.74. The highest BCUT2D eigenvalue weighted by atomic mass is 16.5. The number of nitrogens with zero attached hydrogens (tertiary/aromatic N) is 1. The lowest BCUT2D eigenvalue weighted by Gasteiger charge is -2.42. The maximum atomic E-state index is 5.93. The average molecular weight is 282 g/mol. The molecule has 0 aromatic carbocycles. The zero-order valence-electron chi connectivity index (χ0n) is 13.7. The molecule has 0 amide bonds. The number of hydrogen-bond donors (Lipinski definition) is 1. The highest BCUT2D eigenvalue weighted by Gasteiger charge is 2.30. The Balaban J connectivity index is 1.89. The van der Waals surface area contributed by atoms with Crippen LogP contribution in [0.15, 0.2) is 0 Å². The first-order valence-electron chi connectivity index (χ1n) is 8.81. The SMILES string of the molecule is CCCC1CC(N(CC2CCCCN2)C(C)C)CCO1. The summed E-state index contributed by atoms with van der Waals surface area (Å²) in [6.45, 7) is 10.4. The van der Waals surface area contributed by atoms with E-state index in [1.54, 1.807) is 0 Å². The standard InChI is InChI=1S/C17H34N2O/c1-4-7-17-12-16(9-11-20-17)19(14(2)3)13-15-8-5-6-10-18-15/h14-18H,4-13H2,1-3H3. The first-order valence-corrected chi connectivity index (χ1v) is 8.81. The van der Waals surface area contributed by atoms with Crippen LogP contribution in [0, 0.1) is 0 Å². The Bertz CT molecular complexity index is 262. The largest absolute Gasteiger partial charge is 0.378 e. The number of piperidine rings is 1. The van der Waals surface area contributed by atoms with Crippen molar-refractivity contribution in [2.24, 2.45) is 0 Å². The molecule has 0 spiro atoms. The fourth-order valence-electron chi connectivity index (χ4n) is 3.80. The highest BCUT2D eigenvalue weighted by Crippen LogP contribution is 2.24. The fraction of sp³-hybridized carbons (Fsp3) is 1.00. The van der Waals surface area contributed by atoms with Gasteiger partial charge in [-0.3, -0.25) is 4.90 Å². The van der Waals surface area contributed by atoms with Gasteiger partial charge in [0.1, 0.15) is 0 Å². The van der Waals surface area contributed by atoms with Gasteiger partial charge in [0.15, 0.2) is 0 Å². The van der Waals surface area contributed by atoms with Crippen molar-refractivity contribution in [1.29, 1.82) is 0 Å². The Morgan fingerprint density at radius 2 is 2.10 bits per heavy atom. The third-order valence-corrected chi connectivity index (χ3v) is 4.93. The summed E-state index contributed by atoms with van der Waals surface area (Å²) in [5.41, 5.74) is 0. The minimum Gasteiger partial charge on any atom is -0.378 e. The quantitative estimate of drug-likeness (QED) is 0.810. The van der Waals surface area contributed by atoms with Crippen molar-refractivity contribution in [3.63, 3.8) is 0 Å². The molecule has 0 radical (unpaired) electrons. The van der Waals surface area contributed by atoms with Crippen molar-refractivity contribution in [2.75, 3.05) is 19.7 Å². The van der Waals surface area contributed by atoms with Crippen molar-refractivity contribution >= 4 is 0 Å². The molecule has 2 rings (SSSR count). The molecule has 0 aromatic rings. The molecule has 2 aliphatic heterocycles. The first kappa shape index (κ1) is 16.3. The van der Waals surface area contributed by atoms with Gasteiger partial charge in [-0.05, 0) is 52.5 Å². The Morgan fingerprint density at radius 3 is 2.75 bits per heavy atom. The summed E-state index contributed by atoms with van der Waals surface area (Å²) >= 11 is 0. The molecule has 0 saturated carbocycles. The van der Waals surface area contributed by atoms with Crippen LogP contribution in [-0.4, -0.2) is 48.8 Å². The normalized spacial score (nSPS) is 31.9. The molecule has 0 bridgehead atoms. The van der Waals surface area contributed by atoms with E-state index in [9.17, 15) is 0 Å². The lowest BCUT2D eigenvalue weighted by molar-refractivity contribution is -0.0396. The van der Waals surface area contributed by atoms with E-state index in [1.165, 1.54) is 58.0 Å². The van der Waals surface area contributed by atoms with E-state index in [1.807, 2.05) is 0 Å². The lowest BCUT2D eigenvalue weighted by atomic mass is 9.96. The summed E-state index contributed by atoms with van der Waals surface area (Å²) in [6, 6.07) is 2.08. The molecule has 2 saturated heterocycles. The maximum absolute atomic E-state index is 5.93. The monoisotopic (exact) mass is 282 g/mol. The maximum Gasteiger partial charge on any atom is 0.0590 e. The minimum atomic E-state index is 0.499. The van der Waals surface area contributed by atoms with Gasteiger partial charge in [-0.2, -0.15) is 0 Å². The van der Waals surface area contributed by atoms with Gasteiger partial charge < -0.3 is 10.1 Å². The van der Waals surface area contributed by atoms with Gasteiger partial charge >= 0.3 is 0 Å². The van der Waals surface area contributed by atoms with Gasteiger partial charge in [0, 0.05) is 31.3 Å². The van der Waals surface area contributed by atoms with E-state index in [0.29, 0.717) is 18.2 Å². The summed E-state index contributed by atoms with van der Waals surface area (Å²) < 4.78 is 5.93. The predicted octanol–water partition coefficient (Wildman–Crippen LogP) is 3.19. The molecule has 3 atom stereocenters. The van der Waals surface area contributed by atoms with Crippen molar-refractivity contribution < 1.29 is 4.74 Å². The van der Waals surface area contributed by atoms with E-state index in [0.717, 1.165) is 12.6 Å². The van der Waals surface area contributed by atoms with Crippen LogP contribution >= 0.6 is 0 Å². The van der Waals surface area contributed by atoms with Crippen LogP contribution in [0.5, 0.6) is 0 Å². The molecule has 3 heteroatoms. The summed E-state index contributed by atoms with van der Waals surface area (Å²) in [7, 11) is 0. The van der Waals surface area contributed by atoms with Crippen LogP contribution in [0.4, 0.5) is 0 Å². The molecule has 20 heavy (non-hydrogen) atoms. The van der Waals surface area contributed by atoms with Crippen molar-refractivity contribution in [1.82, 2.24) is 10.2 Å². The number of nitrogens with one attached hydrogen (secondary N) is 1. The van der Waals surface area contributed by atoms with Gasteiger partial charge in [-0.15, -0.1) is 0 Å². The van der Waals surface area contributed by atoms with Crippen LogP contribution in [0.1, 0.15) is 65.7 Å². The van der Waals surface area contributed by atoms with E-state index in [4.69, 9.17) is 4.74 Å². The Kier molecular flexibility index (Phi) is 6.79. The second-order valence-corrected chi connectivity index (χ2v) is 6.90. The highest BCUT2D eigenvalue weighted by molar-refractivity contribution is 4.85.